The number of methoxy groups -OCH3 is 1. The molecule has 3 rings (SSSR count). The summed E-state index contributed by atoms with van der Waals surface area (Å²) in [6, 6.07) is 19.5. The van der Waals surface area contributed by atoms with Crippen molar-refractivity contribution in [3.63, 3.8) is 0 Å². The highest BCUT2D eigenvalue weighted by Gasteiger charge is 2.10. The average molecular weight is 378 g/mol. The Bertz CT molecular complexity index is 970. The van der Waals surface area contributed by atoms with E-state index in [4.69, 9.17) is 4.74 Å². The summed E-state index contributed by atoms with van der Waals surface area (Å²) in [4.78, 5) is 24.5. The van der Waals surface area contributed by atoms with Gasteiger partial charge in [-0.05, 0) is 54.1 Å². The second kappa shape index (κ2) is 8.81. The highest BCUT2D eigenvalue weighted by molar-refractivity contribution is 6.05. The van der Waals surface area contributed by atoms with Crippen molar-refractivity contribution in [2.75, 3.05) is 17.7 Å². The molecular formula is C22H19FN2O3. The first-order valence-electron chi connectivity index (χ1n) is 8.64. The van der Waals surface area contributed by atoms with Crippen LogP contribution in [0.1, 0.15) is 15.9 Å². The van der Waals surface area contributed by atoms with Gasteiger partial charge in [-0.2, -0.15) is 0 Å². The van der Waals surface area contributed by atoms with Gasteiger partial charge in [0.25, 0.3) is 5.91 Å². The van der Waals surface area contributed by atoms with Gasteiger partial charge in [0.05, 0.1) is 19.2 Å². The number of rotatable bonds is 6. The van der Waals surface area contributed by atoms with Crippen LogP contribution in [-0.4, -0.2) is 18.9 Å². The molecule has 0 radical (unpaired) electrons. The lowest BCUT2D eigenvalue weighted by atomic mass is 10.1. The predicted octanol–water partition coefficient (Wildman–Crippen LogP) is 4.27. The second-order valence-corrected chi connectivity index (χ2v) is 6.08. The summed E-state index contributed by atoms with van der Waals surface area (Å²) in [5, 5.41) is 5.55. The lowest BCUT2D eigenvalue weighted by Gasteiger charge is -2.10. The maximum atomic E-state index is 12.9. The van der Waals surface area contributed by atoms with E-state index in [0.29, 0.717) is 28.3 Å². The van der Waals surface area contributed by atoms with Crippen molar-refractivity contribution >= 4 is 23.2 Å². The zero-order valence-electron chi connectivity index (χ0n) is 15.2. The number of carbonyl (C=O) groups excluding carboxylic acids is 2. The van der Waals surface area contributed by atoms with E-state index in [0.717, 1.165) is 0 Å². The van der Waals surface area contributed by atoms with Gasteiger partial charge >= 0.3 is 0 Å². The standard InChI is InChI=1S/C22H19FN2O3/c1-28-20-5-3-2-4-19(20)25-22(27)16-8-12-18(13-9-16)24-21(26)14-15-6-10-17(23)11-7-15/h2-13H,14H2,1H3,(H,24,26)(H,25,27). The molecule has 0 aliphatic carbocycles. The number of amides is 2. The summed E-state index contributed by atoms with van der Waals surface area (Å²) in [6.07, 6.45) is 0.135. The maximum Gasteiger partial charge on any atom is 0.255 e. The Hall–Kier alpha value is -3.67. The molecule has 0 fully saturated rings. The average Bonchev–Trinajstić information content (AvgIpc) is 2.70. The number of anilines is 2. The fourth-order valence-electron chi connectivity index (χ4n) is 2.64. The molecule has 6 heteroatoms. The van der Waals surface area contributed by atoms with Crippen LogP contribution in [0.2, 0.25) is 0 Å². The van der Waals surface area contributed by atoms with Crippen molar-refractivity contribution in [2.24, 2.45) is 0 Å². The lowest BCUT2D eigenvalue weighted by molar-refractivity contribution is -0.115. The van der Waals surface area contributed by atoms with Crippen LogP contribution in [0, 0.1) is 5.82 Å². The minimum absolute atomic E-state index is 0.135. The van der Waals surface area contributed by atoms with Gasteiger partial charge in [0.15, 0.2) is 0 Å². The molecule has 0 atom stereocenters. The molecule has 5 nitrogen and oxygen atoms in total. The van der Waals surface area contributed by atoms with Crippen LogP contribution in [0.5, 0.6) is 5.75 Å². The van der Waals surface area contributed by atoms with Crippen LogP contribution >= 0.6 is 0 Å². The van der Waals surface area contributed by atoms with E-state index in [2.05, 4.69) is 10.6 Å². The van der Waals surface area contributed by atoms with Crippen molar-refractivity contribution in [1.29, 1.82) is 0 Å². The molecule has 3 aromatic rings. The Morgan fingerprint density at radius 2 is 1.57 bits per heavy atom. The minimum Gasteiger partial charge on any atom is -0.495 e. The molecule has 0 saturated heterocycles. The molecule has 0 heterocycles. The number of hydrogen-bond donors (Lipinski definition) is 2. The summed E-state index contributed by atoms with van der Waals surface area (Å²) in [7, 11) is 1.54. The monoisotopic (exact) mass is 378 g/mol. The molecule has 3 aromatic carbocycles. The Morgan fingerprint density at radius 1 is 0.893 bits per heavy atom. The molecule has 0 aliphatic rings. The van der Waals surface area contributed by atoms with Crippen LogP contribution in [-0.2, 0) is 11.2 Å². The SMILES string of the molecule is COc1ccccc1NC(=O)c1ccc(NC(=O)Cc2ccc(F)cc2)cc1. The summed E-state index contributed by atoms with van der Waals surface area (Å²) < 4.78 is 18.1. The summed E-state index contributed by atoms with van der Waals surface area (Å²) >= 11 is 0. The number of para-hydroxylation sites is 2. The van der Waals surface area contributed by atoms with Crippen LogP contribution in [0.4, 0.5) is 15.8 Å². The highest BCUT2D eigenvalue weighted by Crippen LogP contribution is 2.23. The van der Waals surface area contributed by atoms with Crippen LogP contribution in [0.3, 0.4) is 0 Å². The molecule has 142 valence electrons. The van der Waals surface area contributed by atoms with E-state index in [1.165, 1.54) is 19.2 Å². The smallest absolute Gasteiger partial charge is 0.255 e. The van der Waals surface area contributed by atoms with Gasteiger partial charge in [0.1, 0.15) is 11.6 Å². The van der Waals surface area contributed by atoms with Gasteiger partial charge in [-0.1, -0.05) is 24.3 Å². The number of carbonyl (C=O) groups is 2. The number of benzene rings is 3. The minimum atomic E-state index is -0.342. The van der Waals surface area contributed by atoms with Crippen LogP contribution < -0.4 is 15.4 Å². The third-order valence-electron chi connectivity index (χ3n) is 4.06. The third kappa shape index (κ3) is 4.94. The van der Waals surface area contributed by atoms with Crippen LogP contribution in [0.25, 0.3) is 0 Å². The van der Waals surface area contributed by atoms with Crippen molar-refractivity contribution in [2.45, 2.75) is 6.42 Å². The van der Waals surface area contributed by atoms with E-state index < -0.39 is 0 Å². The van der Waals surface area contributed by atoms with E-state index >= 15 is 0 Å². The van der Waals surface area contributed by atoms with E-state index in [-0.39, 0.29) is 24.1 Å². The fourth-order valence-corrected chi connectivity index (χ4v) is 2.64. The largest absolute Gasteiger partial charge is 0.495 e. The molecule has 28 heavy (non-hydrogen) atoms. The number of nitrogens with one attached hydrogen (secondary N) is 2. The van der Waals surface area contributed by atoms with Gasteiger partial charge in [-0.3, -0.25) is 9.59 Å². The summed E-state index contributed by atoms with van der Waals surface area (Å²) in [5.41, 5.74) is 2.31. The van der Waals surface area contributed by atoms with Gasteiger partial charge in [-0.25, -0.2) is 4.39 Å². The van der Waals surface area contributed by atoms with E-state index in [1.54, 1.807) is 54.6 Å². The number of halogens is 1. The van der Waals surface area contributed by atoms with Crippen molar-refractivity contribution < 1.29 is 18.7 Å². The van der Waals surface area contributed by atoms with Crippen molar-refractivity contribution in [3.8, 4) is 5.75 Å². The van der Waals surface area contributed by atoms with Gasteiger partial charge in [-0.15, -0.1) is 0 Å². The molecule has 2 N–H and O–H groups in total. The molecule has 0 bridgehead atoms. The van der Waals surface area contributed by atoms with Crippen molar-refractivity contribution in [1.82, 2.24) is 0 Å². The number of ether oxygens (including phenoxy) is 1. The third-order valence-corrected chi connectivity index (χ3v) is 4.06. The summed E-state index contributed by atoms with van der Waals surface area (Å²) in [6.45, 7) is 0. The lowest BCUT2D eigenvalue weighted by Crippen LogP contribution is -2.15. The Kier molecular flexibility index (Phi) is 6.01. The highest BCUT2D eigenvalue weighted by atomic mass is 19.1. The second-order valence-electron chi connectivity index (χ2n) is 6.08. The van der Waals surface area contributed by atoms with Gasteiger partial charge in [0.2, 0.25) is 5.91 Å². The molecule has 2 amide bonds. The molecule has 0 aliphatic heterocycles. The summed E-state index contributed by atoms with van der Waals surface area (Å²) in [5.74, 6) is -0.279. The Labute approximate surface area is 162 Å². The van der Waals surface area contributed by atoms with Crippen LogP contribution in [0.15, 0.2) is 72.8 Å². The zero-order valence-corrected chi connectivity index (χ0v) is 15.2. The fraction of sp³-hybridized carbons (Fsp3) is 0.0909. The molecule has 0 unspecified atom stereocenters. The first kappa shape index (κ1) is 19.1. The molecule has 0 aromatic heterocycles. The van der Waals surface area contributed by atoms with Crippen molar-refractivity contribution in [3.05, 3.63) is 89.7 Å². The van der Waals surface area contributed by atoms with Gasteiger partial charge < -0.3 is 15.4 Å². The van der Waals surface area contributed by atoms with E-state index in [1.807, 2.05) is 6.07 Å². The first-order chi connectivity index (χ1) is 13.5. The topological polar surface area (TPSA) is 67.4 Å². The quantitative estimate of drug-likeness (QED) is 0.673. The molecule has 0 saturated carbocycles. The number of hydrogen-bond acceptors (Lipinski definition) is 3. The normalized spacial score (nSPS) is 10.2. The first-order valence-corrected chi connectivity index (χ1v) is 8.64. The Morgan fingerprint density at radius 3 is 2.25 bits per heavy atom. The predicted molar refractivity (Wildman–Crippen MR) is 106 cm³/mol. The van der Waals surface area contributed by atoms with E-state index in [9.17, 15) is 14.0 Å². The molecule has 0 spiro atoms. The zero-order chi connectivity index (χ0) is 19.9. The maximum absolute atomic E-state index is 12.9. The molecular weight excluding hydrogens is 359 g/mol. The van der Waals surface area contributed by atoms with Gasteiger partial charge in [0, 0.05) is 11.3 Å². The Balaban J connectivity index is 1.60.